The smallest absolute Gasteiger partial charge is 0.258 e. The zero-order valence-electron chi connectivity index (χ0n) is 11.1. The highest BCUT2D eigenvalue weighted by Gasteiger charge is 2.12. The Morgan fingerprint density at radius 2 is 2.15 bits per heavy atom. The molecule has 1 N–H and O–H groups in total. The van der Waals surface area contributed by atoms with Gasteiger partial charge in [-0.25, -0.2) is 4.39 Å². The van der Waals surface area contributed by atoms with E-state index in [0.29, 0.717) is 18.7 Å². The van der Waals surface area contributed by atoms with Gasteiger partial charge in [-0.1, -0.05) is 18.2 Å². The fraction of sp³-hybridized carbons (Fsp3) is 0.200. The second kappa shape index (κ2) is 6.77. The molecule has 5 heteroatoms. The van der Waals surface area contributed by atoms with Crippen LogP contribution in [0.3, 0.4) is 0 Å². The fourth-order valence-corrected chi connectivity index (χ4v) is 1.82. The number of anilines is 1. The molecule has 0 aliphatic heterocycles. The van der Waals surface area contributed by atoms with Crippen molar-refractivity contribution >= 4 is 11.6 Å². The van der Waals surface area contributed by atoms with Gasteiger partial charge >= 0.3 is 0 Å². The van der Waals surface area contributed by atoms with Crippen molar-refractivity contribution in [1.82, 2.24) is 4.98 Å². The number of para-hydroxylation sites is 1. The van der Waals surface area contributed by atoms with Gasteiger partial charge in [-0.2, -0.15) is 0 Å². The highest BCUT2D eigenvalue weighted by Crippen LogP contribution is 2.17. The Kier molecular flexibility index (Phi) is 4.79. The number of nitrogens with zero attached hydrogens (tertiary/aromatic N) is 1. The van der Waals surface area contributed by atoms with Crippen molar-refractivity contribution in [2.45, 2.75) is 6.42 Å². The molecular weight excluding hydrogens is 259 g/mol. The van der Waals surface area contributed by atoms with Crippen molar-refractivity contribution in [3.63, 3.8) is 0 Å². The van der Waals surface area contributed by atoms with Crippen LogP contribution in [0.4, 0.5) is 10.1 Å². The van der Waals surface area contributed by atoms with Gasteiger partial charge in [0.2, 0.25) is 0 Å². The standard InChI is InChI=1S/C15H15FN2O2/c1-20-9-7-11-4-2-3-5-14(11)18-15(19)12-6-8-17-10-13(12)16/h2-6,8,10H,7,9H2,1H3,(H,18,19). The number of aromatic nitrogens is 1. The van der Waals surface area contributed by atoms with Crippen LogP contribution in [-0.2, 0) is 11.2 Å². The Labute approximate surface area is 116 Å². The molecular formula is C15H15FN2O2. The molecule has 0 saturated carbocycles. The molecule has 0 bridgehead atoms. The number of pyridine rings is 1. The Hall–Kier alpha value is -2.27. The molecule has 1 heterocycles. The molecule has 0 atom stereocenters. The zero-order valence-corrected chi connectivity index (χ0v) is 11.1. The summed E-state index contributed by atoms with van der Waals surface area (Å²) in [5.74, 6) is -1.13. The van der Waals surface area contributed by atoms with E-state index in [0.717, 1.165) is 11.8 Å². The first kappa shape index (κ1) is 14.1. The average molecular weight is 274 g/mol. The molecule has 1 aromatic heterocycles. The average Bonchev–Trinajstić information content (AvgIpc) is 2.46. The minimum Gasteiger partial charge on any atom is -0.384 e. The van der Waals surface area contributed by atoms with Gasteiger partial charge in [-0.15, -0.1) is 0 Å². The predicted molar refractivity (Wildman–Crippen MR) is 74.2 cm³/mol. The third kappa shape index (κ3) is 3.39. The van der Waals surface area contributed by atoms with E-state index in [1.807, 2.05) is 18.2 Å². The number of benzene rings is 1. The van der Waals surface area contributed by atoms with Crippen molar-refractivity contribution in [3.05, 3.63) is 59.7 Å². The van der Waals surface area contributed by atoms with Gasteiger partial charge in [0, 0.05) is 19.0 Å². The SMILES string of the molecule is COCCc1ccccc1NC(=O)c1ccncc1F. The van der Waals surface area contributed by atoms with E-state index in [-0.39, 0.29) is 5.56 Å². The summed E-state index contributed by atoms with van der Waals surface area (Å²) < 4.78 is 18.5. The van der Waals surface area contributed by atoms with Crippen LogP contribution in [0.1, 0.15) is 15.9 Å². The Morgan fingerprint density at radius 3 is 2.90 bits per heavy atom. The number of nitrogens with one attached hydrogen (secondary N) is 1. The van der Waals surface area contributed by atoms with Gasteiger partial charge in [0.25, 0.3) is 5.91 Å². The van der Waals surface area contributed by atoms with E-state index in [4.69, 9.17) is 4.74 Å². The molecule has 0 aliphatic rings. The first-order valence-electron chi connectivity index (χ1n) is 6.20. The monoisotopic (exact) mass is 274 g/mol. The molecule has 0 saturated heterocycles. The van der Waals surface area contributed by atoms with E-state index in [2.05, 4.69) is 10.3 Å². The summed E-state index contributed by atoms with van der Waals surface area (Å²) >= 11 is 0. The van der Waals surface area contributed by atoms with Gasteiger partial charge in [-0.05, 0) is 24.1 Å². The van der Waals surface area contributed by atoms with Crippen molar-refractivity contribution in [2.24, 2.45) is 0 Å². The lowest BCUT2D eigenvalue weighted by molar-refractivity contribution is 0.102. The van der Waals surface area contributed by atoms with Gasteiger partial charge in [0.1, 0.15) is 0 Å². The molecule has 20 heavy (non-hydrogen) atoms. The van der Waals surface area contributed by atoms with Gasteiger partial charge < -0.3 is 10.1 Å². The molecule has 0 radical (unpaired) electrons. The Bertz CT molecular complexity index is 602. The van der Waals surface area contributed by atoms with Crippen LogP contribution < -0.4 is 5.32 Å². The first-order chi connectivity index (χ1) is 9.72. The van der Waals surface area contributed by atoms with Crippen LogP contribution in [-0.4, -0.2) is 24.6 Å². The van der Waals surface area contributed by atoms with Crippen molar-refractivity contribution < 1.29 is 13.9 Å². The number of halogens is 1. The topological polar surface area (TPSA) is 51.2 Å². The van der Waals surface area contributed by atoms with Crippen molar-refractivity contribution in [2.75, 3.05) is 19.0 Å². The highest BCUT2D eigenvalue weighted by atomic mass is 19.1. The van der Waals surface area contributed by atoms with E-state index in [1.165, 1.54) is 12.3 Å². The largest absolute Gasteiger partial charge is 0.384 e. The molecule has 2 aromatic rings. The molecule has 4 nitrogen and oxygen atoms in total. The molecule has 0 fully saturated rings. The van der Waals surface area contributed by atoms with Gasteiger partial charge in [-0.3, -0.25) is 9.78 Å². The third-order valence-corrected chi connectivity index (χ3v) is 2.86. The van der Waals surface area contributed by atoms with Crippen LogP contribution >= 0.6 is 0 Å². The Balaban J connectivity index is 2.18. The predicted octanol–water partition coefficient (Wildman–Crippen LogP) is 2.66. The summed E-state index contributed by atoms with van der Waals surface area (Å²) in [4.78, 5) is 15.7. The number of rotatable bonds is 5. The lowest BCUT2D eigenvalue weighted by Gasteiger charge is -2.11. The number of hydrogen-bond donors (Lipinski definition) is 1. The summed E-state index contributed by atoms with van der Waals surface area (Å²) in [6.07, 6.45) is 3.08. The van der Waals surface area contributed by atoms with Crippen molar-refractivity contribution in [1.29, 1.82) is 0 Å². The zero-order chi connectivity index (χ0) is 14.4. The molecule has 1 aromatic carbocycles. The minimum atomic E-state index is -0.639. The second-order valence-electron chi connectivity index (χ2n) is 4.21. The maximum atomic E-state index is 13.5. The number of amides is 1. The number of methoxy groups -OCH3 is 1. The van der Waals surface area contributed by atoms with Crippen molar-refractivity contribution in [3.8, 4) is 0 Å². The number of carbonyl (C=O) groups excluding carboxylic acids is 1. The number of carbonyl (C=O) groups is 1. The maximum absolute atomic E-state index is 13.5. The lowest BCUT2D eigenvalue weighted by atomic mass is 10.1. The molecule has 0 unspecified atom stereocenters. The van der Waals surface area contributed by atoms with Crippen LogP contribution in [0, 0.1) is 5.82 Å². The van der Waals surface area contributed by atoms with Crippen LogP contribution in [0.15, 0.2) is 42.7 Å². The number of hydrogen-bond acceptors (Lipinski definition) is 3. The molecule has 0 aliphatic carbocycles. The summed E-state index contributed by atoms with van der Waals surface area (Å²) in [5.41, 5.74) is 1.57. The highest BCUT2D eigenvalue weighted by molar-refractivity contribution is 6.04. The second-order valence-corrected chi connectivity index (χ2v) is 4.21. The summed E-state index contributed by atoms with van der Waals surface area (Å²) in [5, 5.41) is 2.71. The molecule has 1 amide bonds. The quantitative estimate of drug-likeness (QED) is 0.912. The normalized spacial score (nSPS) is 10.3. The van der Waals surface area contributed by atoms with Gasteiger partial charge in [0.05, 0.1) is 18.4 Å². The van der Waals surface area contributed by atoms with E-state index in [9.17, 15) is 9.18 Å². The lowest BCUT2D eigenvalue weighted by Crippen LogP contribution is -2.15. The van der Waals surface area contributed by atoms with Crippen LogP contribution in [0.2, 0.25) is 0 Å². The number of ether oxygens (including phenoxy) is 1. The maximum Gasteiger partial charge on any atom is 0.258 e. The van der Waals surface area contributed by atoms with Crippen LogP contribution in [0.5, 0.6) is 0 Å². The summed E-state index contributed by atoms with van der Waals surface area (Å²) in [7, 11) is 1.62. The molecule has 104 valence electrons. The minimum absolute atomic E-state index is 0.0263. The van der Waals surface area contributed by atoms with E-state index < -0.39 is 11.7 Å². The van der Waals surface area contributed by atoms with Crippen LogP contribution in [0.25, 0.3) is 0 Å². The summed E-state index contributed by atoms with van der Waals surface area (Å²) in [6.45, 7) is 0.552. The first-order valence-corrected chi connectivity index (χ1v) is 6.20. The Morgan fingerprint density at radius 1 is 1.35 bits per heavy atom. The van der Waals surface area contributed by atoms with E-state index in [1.54, 1.807) is 13.2 Å². The third-order valence-electron chi connectivity index (χ3n) is 2.86. The fourth-order valence-electron chi connectivity index (χ4n) is 1.82. The molecule has 0 spiro atoms. The summed E-state index contributed by atoms with van der Waals surface area (Å²) in [6, 6.07) is 8.73. The molecule has 2 rings (SSSR count). The van der Waals surface area contributed by atoms with Gasteiger partial charge in [0.15, 0.2) is 5.82 Å². The van der Waals surface area contributed by atoms with E-state index >= 15 is 0 Å².